The van der Waals surface area contributed by atoms with E-state index in [9.17, 15) is 0 Å². The van der Waals surface area contributed by atoms with Crippen LogP contribution in [0.1, 0.15) is 53.4 Å². The molecule has 1 heteroatoms. The Morgan fingerprint density at radius 2 is 1.62 bits per heavy atom. The van der Waals surface area contributed by atoms with Crippen LogP contribution in [-0.2, 0) is 0 Å². The first-order valence-corrected chi connectivity index (χ1v) is 5.85. The van der Waals surface area contributed by atoms with Gasteiger partial charge in [0.05, 0.1) is 0 Å². The summed E-state index contributed by atoms with van der Waals surface area (Å²) in [6, 6.07) is 0. The molecule has 0 spiro atoms. The van der Waals surface area contributed by atoms with Gasteiger partial charge in [-0.05, 0) is 44.8 Å². The van der Waals surface area contributed by atoms with E-state index in [1.807, 2.05) is 13.8 Å². The first kappa shape index (κ1) is 13.0. The van der Waals surface area contributed by atoms with Crippen LogP contribution in [0.15, 0.2) is 0 Å². The first-order chi connectivity index (χ1) is 6.16. The van der Waals surface area contributed by atoms with E-state index >= 15 is 0 Å². The van der Waals surface area contributed by atoms with Gasteiger partial charge in [-0.3, -0.25) is 0 Å². The molecular weight excluding hydrogens is 158 g/mol. The Morgan fingerprint density at radius 3 is 2.00 bits per heavy atom. The zero-order valence-electron chi connectivity index (χ0n) is 10.2. The summed E-state index contributed by atoms with van der Waals surface area (Å²) in [5.41, 5.74) is 0.668. The fourth-order valence-electron chi connectivity index (χ4n) is 2.01. The Balaban J connectivity index is 0.000000671. The molecule has 0 aromatic rings. The van der Waals surface area contributed by atoms with Crippen molar-refractivity contribution in [1.29, 1.82) is 0 Å². The molecule has 1 nitrogen and oxygen atoms in total. The predicted octanol–water partition coefficient (Wildman–Crippen LogP) is 3.54. The van der Waals surface area contributed by atoms with Crippen molar-refractivity contribution in [2.45, 2.75) is 53.4 Å². The minimum absolute atomic E-state index is 0.668. The normalized spacial score (nSPS) is 21.9. The number of hydrogen-bond acceptors (Lipinski definition) is 1. The number of nitrogens with zero attached hydrogens (tertiary/aromatic N) is 1. The summed E-state index contributed by atoms with van der Waals surface area (Å²) in [4.78, 5) is 2.44. The quantitative estimate of drug-likeness (QED) is 0.636. The molecule has 0 aromatic heterocycles. The molecular formula is C12H27N. The van der Waals surface area contributed by atoms with Gasteiger partial charge in [0.15, 0.2) is 0 Å². The first-order valence-electron chi connectivity index (χ1n) is 5.85. The van der Waals surface area contributed by atoms with E-state index in [2.05, 4.69) is 25.8 Å². The fraction of sp³-hybridized carbons (Fsp3) is 1.00. The lowest BCUT2D eigenvalue weighted by Gasteiger charge is -2.37. The molecule has 13 heavy (non-hydrogen) atoms. The average Bonchev–Trinajstić information content (AvgIpc) is 2.15. The number of rotatable bonds is 2. The molecule has 1 saturated heterocycles. The Hall–Kier alpha value is -0.0400. The third-order valence-electron chi connectivity index (χ3n) is 3.05. The van der Waals surface area contributed by atoms with Crippen LogP contribution in [0.25, 0.3) is 0 Å². The van der Waals surface area contributed by atoms with Crippen LogP contribution in [0.4, 0.5) is 0 Å². The van der Waals surface area contributed by atoms with Gasteiger partial charge in [-0.1, -0.05) is 34.1 Å². The summed E-state index contributed by atoms with van der Waals surface area (Å²) in [5, 5.41) is 0. The SMILES string of the molecule is CC.CCCC1(C)CCN(C)CC1. The lowest BCUT2D eigenvalue weighted by molar-refractivity contribution is 0.129. The van der Waals surface area contributed by atoms with E-state index in [-0.39, 0.29) is 0 Å². The molecule has 0 aromatic carbocycles. The predicted molar refractivity (Wildman–Crippen MR) is 61.1 cm³/mol. The van der Waals surface area contributed by atoms with Gasteiger partial charge in [0.2, 0.25) is 0 Å². The Bertz CT molecular complexity index is 112. The average molecular weight is 185 g/mol. The summed E-state index contributed by atoms with van der Waals surface area (Å²) in [7, 11) is 2.23. The van der Waals surface area contributed by atoms with E-state index in [1.165, 1.54) is 38.8 Å². The summed E-state index contributed by atoms with van der Waals surface area (Å²) in [5.74, 6) is 0. The highest BCUT2D eigenvalue weighted by Gasteiger charge is 2.27. The maximum atomic E-state index is 2.45. The van der Waals surface area contributed by atoms with Crippen molar-refractivity contribution in [2.75, 3.05) is 20.1 Å². The maximum absolute atomic E-state index is 2.45. The Labute approximate surface area is 84.5 Å². The van der Waals surface area contributed by atoms with E-state index < -0.39 is 0 Å². The molecule has 0 radical (unpaired) electrons. The third kappa shape index (κ3) is 4.66. The zero-order valence-corrected chi connectivity index (χ0v) is 10.2. The van der Waals surface area contributed by atoms with Gasteiger partial charge in [-0.25, -0.2) is 0 Å². The van der Waals surface area contributed by atoms with Crippen LogP contribution in [0.5, 0.6) is 0 Å². The topological polar surface area (TPSA) is 3.24 Å². The number of hydrogen-bond donors (Lipinski definition) is 0. The lowest BCUT2D eigenvalue weighted by Crippen LogP contribution is -2.36. The second-order valence-corrected chi connectivity index (χ2v) is 4.36. The van der Waals surface area contributed by atoms with Crippen LogP contribution in [0, 0.1) is 5.41 Å². The van der Waals surface area contributed by atoms with Gasteiger partial charge in [0, 0.05) is 0 Å². The minimum atomic E-state index is 0.668. The van der Waals surface area contributed by atoms with Crippen LogP contribution in [0.2, 0.25) is 0 Å². The fourth-order valence-corrected chi connectivity index (χ4v) is 2.01. The van der Waals surface area contributed by atoms with Crippen molar-refractivity contribution in [3.8, 4) is 0 Å². The summed E-state index contributed by atoms with van der Waals surface area (Å²) in [6.45, 7) is 11.3. The van der Waals surface area contributed by atoms with Crippen LogP contribution in [-0.4, -0.2) is 25.0 Å². The van der Waals surface area contributed by atoms with Crippen molar-refractivity contribution in [3.63, 3.8) is 0 Å². The van der Waals surface area contributed by atoms with E-state index in [0.717, 1.165) is 0 Å². The standard InChI is InChI=1S/C10H21N.C2H6/c1-4-5-10(2)6-8-11(3)9-7-10;1-2/h4-9H2,1-3H3;1-2H3. The van der Waals surface area contributed by atoms with Gasteiger partial charge in [-0.15, -0.1) is 0 Å². The van der Waals surface area contributed by atoms with Crippen molar-refractivity contribution in [3.05, 3.63) is 0 Å². The Morgan fingerprint density at radius 1 is 1.15 bits per heavy atom. The highest BCUT2D eigenvalue weighted by Crippen LogP contribution is 2.34. The molecule has 1 aliphatic heterocycles. The Kier molecular flexibility index (Phi) is 6.40. The molecule has 1 aliphatic rings. The van der Waals surface area contributed by atoms with Crippen LogP contribution in [0.3, 0.4) is 0 Å². The van der Waals surface area contributed by atoms with Gasteiger partial charge >= 0.3 is 0 Å². The molecule has 0 N–H and O–H groups in total. The molecule has 80 valence electrons. The highest BCUT2D eigenvalue weighted by molar-refractivity contribution is 4.80. The van der Waals surface area contributed by atoms with E-state index in [1.54, 1.807) is 0 Å². The molecule has 1 rings (SSSR count). The van der Waals surface area contributed by atoms with Crippen molar-refractivity contribution in [1.82, 2.24) is 4.90 Å². The van der Waals surface area contributed by atoms with E-state index in [0.29, 0.717) is 5.41 Å². The van der Waals surface area contributed by atoms with Gasteiger partial charge in [0.1, 0.15) is 0 Å². The minimum Gasteiger partial charge on any atom is -0.306 e. The van der Waals surface area contributed by atoms with E-state index in [4.69, 9.17) is 0 Å². The van der Waals surface area contributed by atoms with Gasteiger partial charge in [0.25, 0.3) is 0 Å². The lowest BCUT2D eigenvalue weighted by atomic mass is 9.77. The molecule has 0 atom stereocenters. The number of piperidine rings is 1. The van der Waals surface area contributed by atoms with Crippen LogP contribution < -0.4 is 0 Å². The second-order valence-electron chi connectivity index (χ2n) is 4.36. The highest BCUT2D eigenvalue weighted by atomic mass is 15.1. The van der Waals surface area contributed by atoms with Crippen molar-refractivity contribution in [2.24, 2.45) is 5.41 Å². The summed E-state index contributed by atoms with van der Waals surface area (Å²) < 4.78 is 0. The van der Waals surface area contributed by atoms with Crippen molar-refractivity contribution >= 4 is 0 Å². The van der Waals surface area contributed by atoms with Crippen molar-refractivity contribution < 1.29 is 0 Å². The number of likely N-dealkylation sites (tertiary alicyclic amines) is 1. The summed E-state index contributed by atoms with van der Waals surface area (Å²) >= 11 is 0. The molecule has 0 amide bonds. The molecule has 0 bridgehead atoms. The van der Waals surface area contributed by atoms with Gasteiger partial charge in [-0.2, -0.15) is 0 Å². The second kappa shape index (κ2) is 6.42. The summed E-state index contributed by atoms with van der Waals surface area (Å²) in [6.07, 6.45) is 5.57. The molecule has 1 fully saturated rings. The maximum Gasteiger partial charge on any atom is -0.00166 e. The largest absolute Gasteiger partial charge is 0.306 e. The molecule has 0 aliphatic carbocycles. The monoisotopic (exact) mass is 185 g/mol. The van der Waals surface area contributed by atoms with Gasteiger partial charge < -0.3 is 4.90 Å². The van der Waals surface area contributed by atoms with Crippen LogP contribution >= 0.6 is 0 Å². The smallest absolute Gasteiger partial charge is 0.00166 e. The molecule has 1 heterocycles. The third-order valence-corrected chi connectivity index (χ3v) is 3.05. The molecule has 0 unspecified atom stereocenters. The zero-order chi connectivity index (χ0) is 10.3. The molecule has 0 saturated carbocycles.